The summed E-state index contributed by atoms with van der Waals surface area (Å²) in [5.74, 6) is -1.78. The van der Waals surface area contributed by atoms with E-state index in [0.717, 1.165) is 0 Å². The van der Waals surface area contributed by atoms with E-state index in [0.29, 0.717) is 5.56 Å². The number of aliphatic hydroxyl groups excluding tert-OH is 1. The summed E-state index contributed by atoms with van der Waals surface area (Å²) in [6.07, 6.45) is 2.86. The van der Waals surface area contributed by atoms with Gasteiger partial charge in [-0.1, -0.05) is 26.5 Å². The molecule has 1 aromatic rings. The first-order valence-corrected chi connectivity index (χ1v) is 9.38. The van der Waals surface area contributed by atoms with Crippen molar-refractivity contribution in [3.63, 3.8) is 0 Å². The van der Waals surface area contributed by atoms with E-state index in [-0.39, 0.29) is 43.9 Å². The summed E-state index contributed by atoms with van der Waals surface area (Å²) in [5.41, 5.74) is -0.787. The Kier molecular flexibility index (Phi) is 8.63. The molecule has 1 rings (SSSR count). The molecule has 0 unspecified atom stereocenters. The summed E-state index contributed by atoms with van der Waals surface area (Å²) < 4.78 is 15.6. The van der Waals surface area contributed by atoms with Gasteiger partial charge >= 0.3 is 17.9 Å². The second-order valence-electron chi connectivity index (χ2n) is 8.43. The fourth-order valence-electron chi connectivity index (χ4n) is 2.24. The Morgan fingerprint density at radius 3 is 2.34 bits per heavy atom. The lowest BCUT2D eigenvalue weighted by molar-refractivity contribution is -0.142. The smallest absolute Gasteiger partial charge is 0.355 e. The first kappa shape index (κ1) is 24.4. The number of ether oxygens (including phenoxy) is 3. The van der Waals surface area contributed by atoms with Crippen LogP contribution in [0, 0.1) is 5.41 Å². The van der Waals surface area contributed by atoms with Gasteiger partial charge in [0.25, 0.3) is 0 Å². The summed E-state index contributed by atoms with van der Waals surface area (Å²) in [4.78, 5) is 39.7. The van der Waals surface area contributed by atoms with Crippen molar-refractivity contribution < 1.29 is 33.7 Å². The third-order valence-electron chi connectivity index (χ3n) is 3.77. The van der Waals surface area contributed by atoms with Gasteiger partial charge in [0, 0.05) is 18.0 Å². The maximum Gasteiger partial charge on any atom is 0.355 e. The molecule has 1 aromatic heterocycles. The molecule has 0 aromatic carbocycles. The first-order valence-electron chi connectivity index (χ1n) is 9.38. The van der Waals surface area contributed by atoms with Crippen LogP contribution in [0.15, 0.2) is 18.9 Å². The fraction of sp³-hybridized carbons (Fsp3) is 0.571. The van der Waals surface area contributed by atoms with Gasteiger partial charge < -0.3 is 24.3 Å². The van der Waals surface area contributed by atoms with Gasteiger partial charge in [0.05, 0.1) is 18.8 Å². The van der Waals surface area contributed by atoms with E-state index >= 15 is 0 Å². The Labute approximate surface area is 171 Å². The summed E-state index contributed by atoms with van der Waals surface area (Å²) >= 11 is 0. The first-order chi connectivity index (χ1) is 13.4. The van der Waals surface area contributed by atoms with E-state index in [1.807, 2.05) is 0 Å². The molecule has 0 atom stereocenters. The van der Waals surface area contributed by atoms with Crippen molar-refractivity contribution >= 4 is 17.9 Å². The molecule has 0 radical (unpaired) electrons. The molecular weight excluding hydrogens is 378 g/mol. The van der Waals surface area contributed by atoms with Gasteiger partial charge in [0.2, 0.25) is 0 Å². The highest BCUT2D eigenvalue weighted by molar-refractivity contribution is 5.97. The van der Waals surface area contributed by atoms with Gasteiger partial charge in [-0.15, -0.1) is 0 Å². The highest BCUT2D eigenvalue weighted by Crippen LogP contribution is 2.22. The van der Waals surface area contributed by atoms with E-state index in [1.54, 1.807) is 34.6 Å². The Hall–Kier alpha value is -2.61. The summed E-state index contributed by atoms with van der Waals surface area (Å²) in [5, 5.41) is 9.32. The average Bonchev–Trinajstić information content (AvgIpc) is 3.05. The molecule has 0 fully saturated rings. The van der Waals surface area contributed by atoms with Crippen molar-refractivity contribution in [1.29, 1.82) is 0 Å². The number of esters is 3. The number of aromatic amines is 1. The summed E-state index contributed by atoms with van der Waals surface area (Å²) in [6.45, 7) is 12.1. The number of aromatic nitrogens is 1. The van der Waals surface area contributed by atoms with Crippen LogP contribution in [0.3, 0.4) is 0 Å². The van der Waals surface area contributed by atoms with Crippen molar-refractivity contribution in [2.45, 2.75) is 53.1 Å². The Morgan fingerprint density at radius 2 is 1.79 bits per heavy atom. The minimum atomic E-state index is -0.728. The van der Waals surface area contributed by atoms with Gasteiger partial charge in [0.1, 0.15) is 17.9 Å². The molecule has 0 saturated heterocycles. The Morgan fingerprint density at radius 1 is 1.14 bits per heavy atom. The van der Waals surface area contributed by atoms with Gasteiger partial charge in [-0.3, -0.25) is 4.79 Å². The predicted octanol–water partition coefficient (Wildman–Crippen LogP) is 2.81. The normalized spacial score (nSPS) is 11.7. The molecule has 0 spiro atoms. The standard InChI is InChI=1S/C21H31NO7/c1-7-10-27-16(24)9-8-14-15(18(25)28-13-21(5,6)12-23)11-22-17(14)19(26)29-20(2,3)4/h7,11,22-23H,1,8-10,12-13H2,2-6H3. The van der Waals surface area contributed by atoms with E-state index in [4.69, 9.17) is 14.2 Å². The molecule has 0 saturated carbocycles. The van der Waals surface area contributed by atoms with Gasteiger partial charge in [-0.05, 0) is 32.8 Å². The molecule has 2 N–H and O–H groups in total. The van der Waals surface area contributed by atoms with E-state index in [2.05, 4.69) is 11.6 Å². The van der Waals surface area contributed by atoms with E-state index < -0.39 is 28.9 Å². The van der Waals surface area contributed by atoms with Crippen molar-refractivity contribution in [2.24, 2.45) is 5.41 Å². The predicted molar refractivity (Wildman–Crippen MR) is 107 cm³/mol. The second kappa shape index (κ2) is 10.2. The number of carbonyl (C=O) groups is 3. The number of H-pyrrole nitrogens is 1. The maximum absolute atomic E-state index is 12.6. The van der Waals surface area contributed by atoms with Crippen LogP contribution in [-0.2, 0) is 25.4 Å². The SMILES string of the molecule is C=CCOC(=O)CCc1c(C(=O)OCC(C)(C)CO)c[nH]c1C(=O)OC(C)(C)C. The highest BCUT2D eigenvalue weighted by Gasteiger charge is 2.28. The molecule has 0 amide bonds. The number of carbonyl (C=O) groups excluding carboxylic acids is 3. The van der Waals surface area contributed by atoms with Crippen molar-refractivity contribution in [3.8, 4) is 0 Å². The number of hydrogen-bond acceptors (Lipinski definition) is 7. The topological polar surface area (TPSA) is 115 Å². The molecule has 8 heteroatoms. The minimum Gasteiger partial charge on any atom is -0.461 e. The van der Waals surface area contributed by atoms with Crippen LogP contribution in [0.4, 0.5) is 0 Å². The molecule has 0 aliphatic carbocycles. The lowest BCUT2D eigenvalue weighted by atomic mass is 9.96. The van der Waals surface area contributed by atoms with Crippen LogP contribution < -0.4 is 0 Å². The minimum absolute atomic E-state index is 0.00387. The van der Waals surface area contributed by atoms with Crippen molar-refractivity contribution in [2.75, 3.05) is 19.8 Å². The van der Waals surface area contributed by atoms with Gasteiger partial charge in [-0.2, -0.15) is 0 Å². The van der Waals surface area contributed by atoms with E-state index in [1.165, 1.54) is 12.3 Å². The quantitative estimate of drug-likeness (QED) is 0.347. The van der Waals surface area contributed by atoms with Crippen molar-refractivity contribution in [1.82, 2.24) is 4.98 Å². The molecule has 162 valence electrons. The molecule has 0 bridgehead atoms. The van der Waals surface area contributed by atoms with Gasteiger partial charge in [-0.25, -0.2) is 9.59 Å². The zero-order valence-corrected chi connectivity index (χ0v) is 17.8. The number of aliphatic hydroxyl groups is 1. The Balaban J connectivity index is 3.08. The zero-order chi connectivity index (χ0) is 22.2. The lowest BCUT2D eigenvalue weighted by Gasteiger charge is -2.21. The molecule has 8 nitrogen and oxygen atoms in total. The average molecular weight is 409 g/mol. The third-order valence-corrected chi connectivity index (χ3v) is 3.77. The van der Waals surface area contributed by atoms with E-state index in [9.17, 15) is 19.5 Å². The summed E-state index contributed by atoms with van der Waals surface area (Å²) in [6, 6.07) is 0. The lowest BCUT2D eigenvalue weighted by Crippen LogP contribution is -2.26. The third kappa shape index (κ3) is 8.11. The van der Waals surface area contributed by atoms with Crippen LogP contribution in [-0.4, -0.2) is 53.4 Å². The Bertz CT molecular complexity index is 741. The van der Waals surface area contributed by atoms with Crippen LogP contribution in [0.1, 0.15) is 67.4 Å². The molecule has 29 heavy (non-hydrogen) atoms. The van der Waals surface area contributed by atoms with Crippen LogP contribution >= 0.6 is 0 Å². The monoisotopic (exact) mass is 409 g/mol. The maximum atomic E-state index is 12.6. The number of rotatable bonds is 10. The summed E-state index contributed by atoms with van der Waals surface area (Å²) in [7, 11) is 0. The number of hydrogen-bond donors (Lipinski definition) is 2. The second-order valence-corrected chi connectivity index (χ2v) is 8.43. The largest absolute Gasteiger partial charge is 0.461 e. The van der Waals surface area contributed by atoms with Crippen LogP contribution in [0.5, 0.6) is 0 Å². The molecule has 0 aliphatic heterocycles. The van der Waals surface area contributed by atoms with Crippen molar-refractivity contribution in [3.05, 3.63) is 35.7 Å². The number of nitrogens with one attached hydrogen (secondary N) is 1. The highest BCUT2D eigenvalue weighted by atomic mass is 16.6. The molecule has 0 aliphatic rings. The zero-order valence-electron chi connectivity index (χ0n) is 17.8. The molecule has 1 heterocycles. The van der Waals surface area contributed by atoms with Gasteiger partial charge in [0.15, 0.2) is 0 Å². The fourth-order valence-corrected chi connectivity index (χ4v) is 2.24. The molecular formula is C21H31NO7. The van der Waals surface area contributed by atoms with Crippen LogP contribution in [0.25, 0.3) is 0 Å². The van der Waals surface area contributed by atoms with Crippen LogP contribution in [0.2, 0.25) is 0 Å².